The van der Waals surface area contributed by atoms with Crippen molar-refractivity contribution in [1.82, 2.24) is 10.3 Å². The minimum absolute atomic E-state index is 0.319. The quantitative estimate of drug-likeness (QED) is 0.792. The molecular formula is C16H23N3. The minimum Gasteiger partial charge on any atom is -0.358 e. The maximum atomic E-state index is 6.20. The lowest BCUT2D eigenvalue weighted by atomic mass is 9.91. The van der Waals surface area contributed by atoms with Crippen LogP contribution in [0.25, 0.3) is 10.9 Å². The van der Waals surface area contributed by atoms with Crippen LogP contribution in [0.2, 0.25) is 0 Å². The molecule has 0 bridgehead atoms. The van der Waals surface area contributed by atoms with Crippen LogP contribution in [-0.4, -0.2) is 17.1 Å². The van der Waals surface area contributed by atoms with E-state index >= 15 is 0 Å². The average Bonchev–Trinajstić information content (AvgIpc) is 2.74. The number of para-hydroxylation sites is 1. The van der Waals surface area contributed by atoms with Gasteiger partial charge in [0.1, 0.15) is 0 Å². The van der Waals surface area contributed by atoms with E-state index in [1.807, 2.05) is 0 Å². The van der Waals surface area contributed by atoms with Crippen molar-refractivity contribution in [1.29, 1.82) is 0 Å². The van der Waals surface area contributed by atoms with Gasteiger partial charge in [0.2, 0.25) is 0 Å². The number of benzene rings is 1. The van der Waals surface area contributed by atoms with Crippen LogP contribution < -0.4 is 11.1 Å². The molecule has 0 amide bonds. The summed E-state index contributed by atoms with van der Waals surface area (Å²) in [6.45, 7) is 3.06. The molecule has 1 aliphatic rings. The monoisotopic (exact) mass is 257 g/mol. The molecule has 3 rings (SSSR count). The van der Waals surface area contributed by atoms with Crippen molar-refractivity contribution in [2.24, 2.45) is 5.73 Å². The molecule has 1 aromatic carbocycles. The van der Waals surface area contributed by atoms with E-state index in [0.29, 0.717) is 12.1 Å². The first kappa shape index (κ1) is 12.7. The summed E-state index contributed by atoms with van der Waals surface area (Å²) in [6, 6.07) is 9.30. The van der Waals surface area contributed by atoms with E-state index < -0.39 is 0 Å². The van der Waals surface area contributed by atoms with Crippen molar-refractivity contribution in [2.75, 3.05) is 0 Å². The number of aromatic nitrogens is 1. The first-order valence-electron chi connectivity index (χ1n) is 7.31. The highest BCUT2D eigenvalue weighted by Crippen LogP contribution is 2.23. The summed E-state index contributed by atoms with van der Waals surface area (Å²) in [5, 5.41) is 4.99. The Morgan fingerprint density at radius 2 is 2.05 bits per heavy atom. The molecule has 3 heteroatoms. The smallest absolute Gasteiger partial charge is 0.0459 e. The van der Waals surface area contributed by atoms with Crippen LogP contribution in [0, 0.1) is 6.92 Å². The predicted molar refractivity (Wildman–Crippen MR) is 80.1 cm³/mol. The Balaban J connectivity index is 1.76. The zero-order valence-electron chi connectivity index (χ0n) is 11.6. The Morgan fingerprint density at radius 1 is 1.26 bits per heavy atom. The highest BCUT2D eigenvalue weighted by atomic mass is 15.0. The van der Waals surface area contributed by atoms with Gasteiger partial charge in [0.25, 0.3) is 0 Å². The number of nitrogens with two attached hydrogens (primary N) is 1. The molecule has 1 heterocycles. The van der Waals surface area contributed by atoms with Gasteiger partial charge in [-0.3, -0.25) is 0 Å². The van der Waals surface area contributed by atoms with Gasteiger partial charge in [-0.2, -0.15) is 0 Å². The second-order valence-electron chi connectivity index (χ2n) is 5.71. The fourth-order valence-corrected chi connectivity index (χ4v) is 3.21. The van der Waals surface area contributed by atoms with Crippen molar-refractivity contribution < 1.29 is 0 Å². The maximum absolute atomic E-state index is 6.20. The average molecular weight is 257 g/mol. The summed E-state index contributed by atoms with van der Waals surface area (Å²) in [5.74, 6) is 0. The molecule has 0 spiro atoms. The van der Waals surface area contributed by atoms with E-state index in [2.05, 4.69) is 41.5 Å². The molecule has 102 valence electrons. The molecule has 3 nitrogen and oxygen atoms in total. The van der Waals surface area contributed by atoms with E-state index in [9.17, 15) is 0 Å². The van der Waals surface area contributed by atoms with Gasteiger partial charge in [-0.05, 0) is 31.4 Å². The van der Waals surface area contributed by atoms with Gasteiger partial charge >= 0.3 is 0 Å². The summed E-state index contributed by atoms with van der Waals surface area (Å²) in [4.78, 5) is 3.45. The van der Waals surface area contributed by atoms with Gasteiger partial charge in [-0.25, -0.2) is 0 Å². The van der Waals surface area contributed by atoms with Crippen molar-refractivity contribution in [3.05, 3.63) is 35.5 Å². The zero-order valence-corrected chi connectivity index (χ0v) is 11.6. The van der Waals surface area contributed by atoms with Crippen molar-refractivity contribution in [3.8, 4) is 0 Å². The van der Waals surface area contributed by atoms with E-state index in [4.69, 9.17) is 5.73 Å². The predicted octanol–water partition coefficient (Wildman–Crippen LogP) is 2.84. The van der Waals surface area contributed by atoms with Crippen LogP contribution in [0.1, 0.15) is 36.9 Å². The third kappa shape index (κ3) is 2.53. The van der Waals surface area contributed by atoms with E-state index in [0.717, 1.165) is 13.0 Å². The molecule has 19 heavy (non-hydrogen) atoms. The molecule has 1 aliphatic carbocycles. The molecule has 0 aliphatic heterocycles. The Hall–Kier alpha value is -1.32. The van der Waals surface area contributed by atoms with Gasteiger partial charge in [0, 0.05) is 35.2 Å². The molecule has 1 saturated carbocycles. The van der Waals surface area contributed by atoms with Gasteiger partial charge < -0.3 is 16.0 Å². The summed E-state index contributed by atoms with van der Waals surface area (Å²) >= 11 is 0. The first-order chi connectivity index (χ1) is 9.25. The fraction of sp³-hybridized carbons (Fsp3) is 0.500. The van der Waals surface area contributed by atoms with Crippen LogP contribution in [0.5, 0.6) is 0 Å². The molecule has 4 N–H and O–H groups in total. The molecule has 1 fully saturated rings. The lowest BCUT2D eigenvalue weighted by molar-refractivity contribution is 0.327. The van der Waals surface area contributed by atoms with Crippen molar-refractivity contribution in [2.45, 2.75) is 51.2 Å². The highest BCUT2D eigenvalue weighted by molar-refractivity contribution is 5.84. The van der Waals surface area contributed by atoms with Gasteiger partial charge in [-0.1, -0.05) is 31.0 Å². The molecule has 0 radical (unpaired) electrons. The van der Waals surface area contributed by atoms with Crippen LogP contribution in [0.3, 0.4) is 0 Å². The van der Waals surface area contributed by atoms with Crippen molar-refractivity contribution >= 4 is 10.9 Å². The molecule has 1 aromatic heterocycles. The van der Waals surface area contributed by atoms with E-state index in [1.54, 1.807) is 0 Å². The Kier molecular flexibility index (Phi) is 3.58. The maximum Gasteiger partial charge on any atom is 0.0459 e. The number of aryl methyl sites for hydroxylation is 1. The van der Waals surface area contributed by atoms with Crippen LogP contribution in [0.15, 0.2) is 24.3 Å². The van der Waals surface area contributed by atoms with Gasteiger partial charge in [-0.15, -0.1) is 0 Å². The summed E-state index contributed by atoms with van der Waals surface area (Å²) in [7, 11) is 0. The number of fused-ring (bicyclic) bond motifs is 1. The topological polar surface area (TPSA) is 53.8 Å². The summed E-state index contributed by atoms with van der Waals surface area (Å²) in [5.41, 5.74) is 10.1. The Labute approximate surface area is 114 Å². The standard InChI is InChI=1S/C16H23N3/c1-11-13(12-6-2-4-8-15(12)19-11)10-18-16-9-5-3-7-14(16)17/h2,4,6,8,14,16,18-19H,3,5,7,9-10,17H2,1H3. The summed E-state index contributed by atoms with van der Waals surface area (Å²) in [6.07, 6.45) is 4.96. The molecule has 0 saturated heterocycles. The van der Waals surface area contributed by atoms with Crippen LogP contribution >= 0.6 is 0 Å². The highest BCUT2D eigenvalue weighted by Gasteiger charge is 2.21. The molecule has 2 atom stereocenters. The molecular weight excluding hydrogens is 234 g/mol. The van der Waals surface area contributed by atoms with E-state index in [1.165, 1.54) is 41.4 Å². The second-order valence-corrected chi connectivity index (χ2v) is 5.71. The number of rotatable bonds is 3. The van der Waals surface area contributed by atoms with Gasteiger partial charge in [0.05, 0.1) is 0 Å². The number of hydrogen-bond acceptors (Lipinski definition) is 2. The Bertz CT molecular complexity index is 558. The Morgan fingerprint density at radius 3 is 2.89 bits per heavy atom. The molecule has 2 aromatic rings. The van der Waals surface area contributed by atoms with Crippen molar-refractivity contribution in [3.63, 3.8) is 0 Å². The normalized spacial score (nSPS) is 23.9. The van der Waals surface area contributed by atoms with Crippen LogP contribution in [-0.2, 0) is 6.54 Å². The lowest BCUT2D eigenvalue weighted by Crippen LogP contribution is -2.46. The number of aromatic amines is 1. The fourth-order valence-electron chi connectivity index (χ4n) is 3.21. The van der Waals surface area contributed by atoms with Crippen LogP contribution in [0.4, 0.5) is 0 Å². The summed E-state index contributed by atoms with van der Waals surface area (Å²) < 4.78 is 0. The number of H-pyrrole nitrogens is 1. The third-order valence-electron chi connectivity index (χ3n) is 4.39. The minimum atomic E-state index is 0.319. The number of nitrogens with one attached hydrogen (secondary N) is 2. The second kappa shape index (κ2) is 5.35. The van der Waals surface area contributed by atoms with Gasteiger partial charge in [0.15, 0.2) is 0 Å². The SMILES string of the molecule is Cc1[nH]c2ccccc2c1CNC1CCCCC1N. The third-order valence-corrected chi connectivity index (χ3v) is 4.39. The largest absolute Gasteiger partial charge is 0.358 e. The zero-order chi connectivity index (χ0) is 13.2. The lowest BCUT2D eigenvalue weighted by Gasteiger charge is -2.29. The number of hydrogen-bond donors (Lipinski definition) is 3. The van der Waals surface area contributed by atoms with E-state index in [-0.39, 0.29) is 0 Å². The molecule has 2 unspecified atom stereocenters. The first-order valence-corrected chi connectivity index (χ1v) is 7.31.